The Morgan fingerprint density at radius 3 is 2.48 bits per heavy atom. The molecule has 8 heteroatoms. The van der Waals surface area contributed by atoms with E-state index in [0.29, 0.717) is 18.7 Å². The van der Waals surface area contributed by atoms with Crippen LogP contribution in [0.15, 0.2) is 24.3 Å². The lowest BCUT2D eigenvalue weighted by Gasteiger charge is -2.28. The molecule has 0 unspecified atom stereocenters. The summed E-state index contributed by atoms with van der Waals surface area (Å²) < 4.78 is 18.5. The molecule has 1 aromatic carbocycles. The van der Waals surface area contributed by atoms with Crippen molar-refractivity contribution in [1.82, 2.24) is 4.90 Å². The van der Waals surface area contributed by atoms with Crippen molar-refractivity contribution >= 4 is 29.9 Å². The van der Waals surface area contributed by atoms with Crippen molar-refractivity contribution in [2.24, 2.45) is 5.73 Å². The molecule has 6 nitrogen and oxygen atoms in total. The number of amides is 2. The lowest BCUT2D eigenvalue weighted by molar-refractivity contribution is -0.146. The van der Waals surface area contributed by atoms with Crippen LogP contribution in [0.25, 0.3) is 0 Å². The van der Waals surface area contributed by atoms with Crippen molar-refractivity contribution < 1.29 is 18.7 Å². The van der Waals surface area contributed by atoms with Crippen LogP contribution in [0.4, 0.5) is 10.1 Å². The van der Waals surface area contributed by atoms with Crippen molar-refractivity contribution in [1.29, 1.82) is 0 Å². The molecule has 1 aliphatic heterocycles. The predicted octanol–water partition coefficient (Wildman–Crippen LogP) is 1.93. The number of nitrogens with two attached hydrogens (primary N) is 1. The molecule has 1 aromatic rings. The fourth-order valence-corrected chi connectivity index (χ4v) is 2.65. The third-order valence-electron chi connectivity index (χ3n) is 3.99. The molecule has 1 fully saturated rings. The molecule has 2 atom stereocenters. The molecular formula is C17H25ClFN3O3. The van der Waals surface area contributed by atoms with Crippen LogP contribution in [0.2, 0.25) is 0 Å². The van der Waals surface area contributed by atoms with Crippen LogP contribution in [0.3, 0.4) is 0 Å². The molecule has 0 aromatic heterocycles. The number of hydrogen-bond donors (Lipinski definition) is 2. The first kappa shape index (κ1) is 21.3. The zero-order chi connectivity index (χ0) is 17.7. The van der Waals surface area contributed by atoms with Gasteiger partial charge in [-0.15, -0.1) is 12.4 Å². The quantitative estimate of drug-likeness (QED) is 0.798. The monoisotopic (exact) mass is 373 g/mol. The number of ether oxygens (including phenoxy) is 1. The number of carbonyl (C=O) groups is 2. The van der Waals surface area contributed by atoms with Crippen molar-refractivity contribution in [2.45, 2.75) is 44.9 Å². The fourth-order valence-electron chi connectivity index (χ4n) is 2.65. The molecule has 0 saturated carbocycles. The molecular weight excluding hydrogens is 349 g/mol. The normalized spacial score (nSPS) is 19.4. The maximum atomic E-state index is 12.9. The lowest BCUT2D eigenvalue weighted by atomic mass is 10.1. The summed E-state index contributed by atoms with van der Waals surface area (Å²) in [6.45, 7) is 3.99. The minimum Gasteiger partial charge on any atom is -0.364 e. The van der Waals surface area contributed by atoms with E-state index in [1.165, 1.54) is 29.2 Å². The summed E-state index contributed by atoms with van der Waals surface area (Å²) in [5.41, 5.74) is 6.05. The highest BCUT2D eigenvalue weighted by Gasteiger charge is 2.34. The van der Waals surface area contributed by atoms with Crippen molar-refractivity contribution in [3.05, 3.63) is 30.1 Å². The Morgan fingerprint density at radius 1 is 1.32 bits per heavy atom. The molecule has 2 amide bonds. The van der Waals surface area contributed by atoms with Crippen LogP contribution in [-0.2, 0) is 14.3 Å². The van der Waals surface area contributed by atoms with Gasteiger partial charge in [0.05, 0.1) is 6.10 Å². The number of hydrogen-bond acceptors (Lipinski definition) is 4. The minimum atomic E-state index is -0.542. The van der Waals surface area contributed by atoms with Gasteiger partial charge < -0.3 is 20.7 Å². The van der Waals surface area contributed by atoms with Gasteiger partial charge in [-0.2, -0.15) is 0 Å². The van der Waals surface area contributed by atoms with E-state index in [0.717, 1.165) is 6.42 Å². The van der Waals surface area contributed by atoms with Crippen LogP contribution in [0.1, 0.15) is 26.7 Å². The van der Waals surface area contributed by atoms with Crippen molar-refractivity contribution in [3.8, 4) is 0 Å². The Balaban J connectivity index is 0.00000312. The highest BCUT2D eigenvalue weighted by atomic mass is 35.5. The maximum absolute atomic E-state index is 12.9. The number of benzene rings is 1. The van der Waals surface area contributed by atoms with Crippen LogP contribution in [0.5, 0.6) is 0 Å². The zero-order valence-electron chi connectivity index (χ0n) is 14.4. The second-order valence-corrected chi connectivity index (χ2v) is 6.17. The molecule has 0 radical (unpaired) electrons. The molecule has 2 rings (SSSR count). The number of halogens is 2. The summed E-state index contributed by atoms with van der Waals surface area (Å²) in [4.78, 5) is 26.3. The van der Waals surface area contributed by atoms with Gasteiger partial charge in [0.2, 0.25) is 5.91 Å². The van der Waals surface area contributed by atoms with Gasteiger partial charge in [-0.1, -0.05) is 0 Å². The Morgan fingerprint density at radius 2 is 1.96 bits per heavy atom. The zero-order valence-corrected chi connectivity index (χ0v) is 15.2. The molecule has 0 bridgehead atoms. The first-order valence-corrected chi connectivity index (χ1v) is 8.12. The Bertz CT molecular complexity index is 583. The fraction of sp³-hybridized carbons (Fsp3) is 0.529. The van der Waals surface area contributed by atoms with Gasteiger partial charge in [0, 0.05) is 18.3 Å². The highest BCUT2D eigenvalue weighted by Crippen LogP contribution is 2.21. The number of carbonyl (C=O) groups excluding carboxylic acids is 2. The number of rotatable bonds is 6. The van der Waals surface area contributed by atoms with Crippen LogP contribution in [-0.4, -0.2) is 48.1 Å². The smallest absolute Gasteiger partial charge is 0.252 e. The predicted molar refractivity (Wildman–Crippen MR) is 96.1 cm³/mol. The molecule has 1 saturated heterocycles. The first-order chi connectivity index (χ1) is 11.4. The molecule has 0 spiro atoms. The van der Waals surface area contributed by atoms with E-state index in [4.69, 9.17) is 10.5 Å². The van der Waals surface area contributed by atoms with E-state index >= 15 is 0 Å². The summed E-state index contributed by atoms with van der Waals surface area (Å²) in [6, 6.07) is 5.33. The minimum absolute atomic E-state index is 0. The van der Waals surface area contributed by atoms with Gasteiger partial charge in [0.15, 0.2) is 0 Å². The lowest BCUT2D eigenvalue weighted by Crippen LogP contribution is -2.47. The third-order valence-corrected chi connectivity index (χ3v) is 3.99. The SMILES string of the molecule is CC(C)N(CC(=O)Nc1ccc(F)cc1)C(=O)[C@@H]1CC[C@H](CN)O1.Cl. The standard InChI is InChI=1S/C17H24FN3O3.ClH/c1-11(2)21(17(23)15-8-7-14(9-19)24-15)10-16(22)20-13-5-3-12(18)4-6-13;/h3-6,11,14-15H,7-10,19H2,1-2H3,(H,20,22);1H/t14-,15+;/m1./s1. The van der Waals surface area contributed by atoms with Gasteiger partial charge in [-0.3, -0.25) is 9.59 Å². The second-order valence-electron chi connectivity index (χ2n) is 6.17. The summed E-state index contributed by atoms with van der Waals surface area (Å²) >= 11 is 0. The van der Waals surface area contributed by atoms with Crippen LogP contribution >= 0.6 is 12.4 Å². The van der Waals surface area contributed by atoms with Crippen molar-refractivity contribution in [2.75, 3.05) is 18.4 Å². The number of nitrogens with one attached hydrogen (secondary N) is 1. The largest absolute Gasteiger partial charge is 0.364 e. The summed E-state index contributed by atoms with van der Waals surface area (Å²) in [5.74, 6) is -0.910. The van der Waals surface area contributed by atoms with Gasteiger partial charge >= 0.3 is 0 Å². The van der Waals surface area contributed by atoms with Gasteiger partial charge in [0.1, 0.15) is 18.5 Å². The molecule has 1 aliphatic rings. The van der Waals surface area contributed by atoms with E-state index in [-0.39, 0.29) is 48.7 Å². The molecule has 25 heavy (non-hydrogen) atoms. The van der Waals surface area contributed by atoms with Crippen LogP contribution < -0.4 is 11.1 Å². The van der Waals surface area contributed by atoms with E-state index < -0.39 is 6.10 Å². The van der Waals surface area contributed by atoms with Gasteiger partial charge in [0.25, 0.3) is 5.91 Å². The van der Waals surface area contributed by atoms with Crippen molar-refractivity contribution in [3.63, 3.8) is 0 Å². The molecule has 1 heterocycles. The first-order valence-electron chi connectivity index (χ1n) is 8.12. The van der Waals surface area contributed by atoms with E-state index in [1.54, 1.807) is 0 Å². The average Bonchev–Trinajstić information content (AvgIpc) is 3.03. The summed E-state index contributed by atoms with van der Waals surface area (Å²) in [7, 11) is 0. The third kappa shape index (κ3) is 5.95. The Labute approximate surface area is 153 Å². The topological polar surface area (TPSA) is 84.7 Å². The second kappa shape index (κ2) is 9.70. The maximum Gasteiger partial charge on any atom is 0.252 e. The summed E-state index contributed by atoms with van der Waals surface area (Å²) in [6.07, 6.45) is 0.727. The molecule has 3 N–H and O–H groups in total. The van der Waals surface area contributed by atoms with E-state index in [2.05, 4.69) is 5.32 Å². The Hall–Kier alpha value is -1.70. The van der Waals surface area contributed by atoms with Gasteiger partial charge in [-0.25, -0.2) is 4.39 Å². The highest BCUT2D eigenvalue weighted by molar-refractivity contribution is 5.95. The molecule has 0 aliphatic carbocycles. The van der Waals surface area contributed by atoms with E-state index in [9.17, 15) is 14.0 Å². The average molecular weight is 374 g/mol. The summed E-state index contributed by atoms with van der Waals surface area (Å²) in [5, 5.41) is 2.66. The van der Waals surface area contributed by atoms with E-state index in [1.807, 2.05) is 13.8 Å². The number of anilines is 1. The Kier molecular flexibility index (Phi) is 8.28. The number of nitrogens with zero attached hydrogens (tertiary/aromatic N) is 1. The molecule has 140 valence electrons. The van der Waals surface area contributed by atoms with Crippen LogP contribution in [0, 0.1) is 5.82 Å². The van der Waals surface area contributed by atoms with Gasteiger partial charge in [-0.05, 0) is 51.0 Å².